The number of furan rings is 1. The first-order valence-corrected chi connectivity index (χ1v) is 7.71. The van der Waals surface area contributed by atoms with Crippen LogP contribution in [-0.4, -0.2) is 16.8 Å². The summed E-state index contributed by atoms with van der Waals surface area (Å²) in [5.41, 5.74) is 0.634. The molecule has 0 unspecified atom stereocenters. The number of benzene rings is 1. The second-order valence-electron chi connectivity index (χ2n) is 4.91. The quantitative estimate of drug-likeness (QED) is 0.840. The topological polar surface area (TPSA) is 33.5 Å². The number of hydrogen-bond donors (Lipinski definition) is 1. The predicted octanol–water partition coefficient (Wildman–Crippen LogP) is 4.14. The summed E-state index contributed by atoms with van der Waals surface area (Å²) in [6.45, 7) is 0.514. The molecule has 1 aliphatic carbocycles. The minimum Gasteiger partial charge on any atom is -0.467 e. The summed E-state index contributed by atoms with van der Waals surface area (Å²) < 4.78 is 6.28. The SMILES string of the molecule is O=C(c1ccc(Br)cc1S)N(Cc1ccco1)C1CC1. The molecule has 104 valence electrons. The fraction of sp³-hybridized carbons (Fsp3) is 0.267. The first-order valence-electron chi connectivity index (χ1n) is 6.47. The Morgan fingerprint density at radius 1 is 1.40 bits per heavy atom. The van der Waals surface area contributed by atoms with Crippen molar-refractivity contribution in [1.29, 1.82) is 0 Å². The lowest BCUT2D eigenvalue weighted by Crippen LogP contribution is -2.32. The average Bonchev–Trinajstić information content (AvgIpc) is 3.12. The second-order valence-corrected chi connectivity index (χ2v) is 6.30. The Labute approximate surface area is 131 Å². The maximum Gasteiger partial charge on any atom is 0.255 e. The summed E-state index contributed by atoms with van der Waals surface area (Å²) >= 11 is 7.79. The number of rotatable bonds is 4. The average molecular weight is 352 g/mol. The van der Waals surface area contributed by atoms with Crippen molar-refractivity contribution in [1.82, 2.24) is 4.90 Å². The van der Waals surface area contributed by atoms with Gasteiger partial charge in [0.1, 0.15) is 5.76 Å². The van der Waals surface area contributed by atoms with Crippen molar-refractivity contribution in [3.8, 4) is 0 Å². The Morgan fingerprint density at radius 3 is 2.80 bits per heavy atom. The van der Waals surface area contributed by atoms with Crippen molar-refractivity contribution in [2.45, 2.75) is 30.3 Å². The van der Waals surface area contributed by atoms with Gasteiger partial charge in [0.05, 0.1) is 18.4 Å². The van der Waals surface area contributed by atoms with Crippen LogP contribution < -0.4 is 0 Å². The molecular formula is C15H14BrNO2S. The molecule has 20 heavy (non-hydrogen) atoms. The minimum atomic E-state index is 0.0152. The van der Waals surface area contributed by atoms with E-state index in [1.165, 1.54) is 0 Å². The lowest BCUT2D eigenvalue weighted by molar-refractivity contribution is 0.0714. The lowest BCUT2D eigenvalue weighted by Gasteiger charge is -2.22. The van der Waals surface area contributed by atoms with Crippen LogP contribution in [0.5, 0.6) is 0 Å². The number of carbonyl (C=O) groups is 1. The summed E-state index contributed by atoms with van der Waals surface area (Å²) in [4.78, 5) is 15.3. The molecule has 1 saturated carbocycles. The van der Waals surface area contributed by atoms with Gasteiger partial charge < -0.3 is 9.32 Å². The second kappa shape index (κ2) is 5.66. The first kappa shape index (κ1) is 13.8. The zero-order valence-electron chi connectivity index (χ0n) is 10.8. The molecule has 3 rings (SSSR count). The minimum absolute atomic E-state index is 0.0152. The molecule has 5 heteroatoms. The van der Waals surface area contributed by atoms with E-state index in [0.717, 1.165) is 23.1 Å². The van der Waals surface area contributed by atoms with Crippen molar-refractivity contribution in [2.24, 2.45) is 0 Å². The van der Waals surface area contributed by atoms with Crippen LogP contribution in [0.2, 0.25) is 0 Å². The molecule has 0 bridgehead atoms. The predicted molar refractivity (Wildman–Crippen MR) is 83.0 cm³/mol. The molecule has 2 aromatic rings. The Bertz CT molecular complexity index is 623. The maximum atomic E-state index is 12.7. The standard InChI is InChI=1S/C15H14BrNO2S/c16-10-3-6-13(14(20)8-10)15(18)17(11-4-5-11)9-12-2-1-7-19-12/h1-3,6-8,11,20H,4-5,9H2. The summed E-state index contributed by atoms with van der Waals surface area (Å²) in [6.07, 6.45) is 3.75. The van der Waals surface area contributed by atoms with Crippen LogP contribution in [-0.2, 0) is 6.54 Å². The molecule has 1 aromatic carbocycles. The van der Waals surface area contributed by atoms with Gasteiger partial charge in [-0.25, -0.2) is 0 Å². The number of thiol groups is 1. The van der Waals surface area contributed by atoms with Crippen molar-refractivity contribution < 1.29 is 9.21 Å². The van der Waals surface area contributed by atoms with E-state index in [9.17, 15) is 4.79 Å². The van der Waals surface area contributed by atoms with Gasteiger partial charge in [-0.1, -0.05) is 15.9 Å². The fourth-order valence-corrected chi connectivity index (χ4v) is 3.01. The van der Waals surface area contributed by atoms with E-state index < -0.39 is 0 Å². The molecule has 0 aliphatic heterocycles. The van der Waals surface area contributed by atoms with Crippen molar-refractivity contribution in [3.63, 3.8) is 0 Å². The number of amides is 1. The van der Waals surface area contributed by atoms with Gasteiger partial charge in [0.25, 0.3) is 5.91 Å². The largest absolute Gasteiger partial charge is 0.467 e. The van der Waals surface area contributed by atoms with Crippen LogP contribution in [0, 0.1) is 0 Å². The van der Waals surface area contributed by atoms with E-state index in [-0.39, 0.29) is 5.91 Å². The molecule has 0 atom stereocenters. The zero-order chi connectivity index (χ0) is 14.1. The zero-order valence-corrected chi connectivity index (χ0v) is 13.2. The smallest absolute Gasteiger partial charge is 0.255 e. The van der Waals surface area contributed by atoms with Gasteiger partial charge in [-0.3, -0.25) is 4.79 Å². The molecule has 0 radical (unpaired) electrons. The number of hydrogen-bond acceptors (Lipinski definition) is 3. The highest BCUT2D eigenvalue weighted by molar-refractivity contribution is 9.10. The monoisotopic (exact) mass is 351 g/mol. The van der Waals surface area contributed by atoms with Crippen LogP contribution in [0.1, 0.15) is 29.0 Å². The Balaban J connectivity index is 1.85. The molecule has 1 aromatic heterocycles. The molecule has 0 saturated heterocycles. The van der Waals surface area contributed by atoms with Gasteiger partial charge in [-0.15, -0.1) is 12.6 Å². The van der Waals surface area contributed by atoms with Gasteiger partial charge in [0, 0.05) is 15.4 Å². The highest BCUT2D eigenvalue weighted by Crippen LogP contribution is 2.31. The van der Waals surface area contributed by atoms with E-state index in [2.05, 4.69) is 28.6 Å². The Kier molecular flexibility index (Phi) is 3.89. The highest BCUT2D eigenvalue weighted by Gasteiger charge is 2.34. The number of carbonyl (C=O) groups excluding carboxylic acids is 1. The van der Waals surface area contributed by atoms with Gasteiger partial charge in [0.2, 0.25) is 0 Å². The van der Waals surface area contributed by atoms with Gasteiger partial charge in [-0.2, -0.15) is 0 Å². The molecule has 0 N–H and O–H groups in total. The fourth-order valence-electron chi connectivity index (χ4n) is 2.16. The summed E-state index contributed by atoms with van der Waals surface area (Å²) in [5, 5.41) is 0. The number of nitrogens with zero attached hydrogens (tertiary/aromatic N) is 1. The highest BCUT2D eigenvalue weighted by atomic mass is 79.9. The summed E-state index contributed by atoms with van der Waals surface area (Å²) in [7, 11) is 0. The van der Waals surface area contributed by atoms with Crippen LogP contribution >= 0.6 is 28.6 Å². The van der Waals surface area contributed by atoms with Crippen LogP contribution in [0.25, 0.3) is 0 Å². The third-order valence-electron chi connectivity index (χ3n) is 3.34. The molecule has 1 heterocycles. The van der Waals surface area contributed by atoms with Gasteiger partial charge in [0.15, 0.2) is 0 Å². The molecule has 0 spiro atoms. The third kappa shape index (κ3) is 2.94. The summed E-state index contributed by atoms with van der Waals surface area (Å²) in [6, 6.07) is 9.58. The van der Waals surface area contributed by atoms with Gasteiger partial charge >= 0.3 is 0 Å². The van der Waals surface area contributed by atoms with E-state index in [1.807, 2.05) is 35.2 Å². The first-order chi connectivity index (χ1) is 9.65. The lowest BCUT2D eigenvalue weighted by atomic mass is 10.2. The van der Waals surface area contributed by atoms with Gasteiger partial charge in [-0.05, 0) is 43.2 Å². The molecular weight excluding hydrogens is 338 g/mol. The van der Waals surface area contributed by atoms with E-state index in [4.69, 9.17) is 4.42 Å². The van der Waals surface area contributed by atoms with Crippen LogP contribution in [0.4, 0.5) is 0 Å². The van der Waals surface area contributed by atoms with Crippen molar-refractivity contribution in [3.05, 3.63) is 52.4 Å². The Hall–Kier alpha value is -1.20. The van der Waals surface area contributed by atoms with Crippen LogP contribution in [0.3, 0.4) is 0 Å². The maximum absolute atomic E-state index is 12.7. The molecule has 1 amide bonds. The molecule has 1 fully saturated rings. The van der Waals surface area contributed by atoms with Crippen molar-refractivity contribution >= 4 is 34.5 Å². The normalized spacial score (nSPS) is 14.3. The number of halogens is 1. The molecule has 1 aliphatic rings. The third-order valence-corrected chi connectivity index (χ3v) is 4.21. The molecule has 3 nitrogen and oxygen atoms in total. The van der Waals surface area contributed by atoms with E-state index in [1.54, 1.807) is 6.26 Å². The van der Waals surface area contributed by atoms with E-state index in [0.29, 0.717) is 23.0 Å². The van der Waals surface area contributed by atoms with Crippen molar-refractivity contribution in [2.75, 3.05) is 0 Å². The van der Waals surface area contributed by atoms with Crippen LogP contribution in [0.15, 0.2) is 50.4 Å². The Morgan fingerprint density at radius 2 is 2.20 bits per heavy atom. The van der Waals surface area contributed by atoms with E-state index >= 15 is 0 Å². The summed E-state index contributed by atoms with van der Waals surface area (Å²) in [5.74, 6) is 0.824.